The fraction of sp³-hybridized carbons (Fsp3) is 0.769. The second kappa shape index (κ2) is 7.38. The van der Waals surface area contributed by atoms with Crippen molar-refractivity contribution in [3.05, 3.63) is 11.1 Å². The number of aromatic nitrogens is 1. The highest BCUT2D eigenvalue weighted by Crippen LogP contribution is 2.24. The van der Waals surface area contributed by atoms with Crippen LogP contribution in [0.15, 0.2) is 5.38 Å². The van der Waals surface area contributed by atoms with Crippen molar-refractivity contribution >= 4 is 26.5 Å². The van der Waals surface area contributed by atoms with Gasteiger partial charge in [-0.15, -0.1) is 11.3 Å². The minimum Gasteiger partial charge on any atom is -0.348 e. The van der Waals surface area contributed by atoms with Crippen LogP contribution in [0.25, 0.3) is 0 Å². The summed E-state index contributed by atoms with van der Waals surface area (Å²) in [6.07, 6.45) is 5.10. The first-order valence-electron chi connectivity index (χ1n) is 7.27. The molecule has 2 rings (SSSR count). The van der Waals surface area contributed by atoms with Crippen molar-refractivity contribution in [2.24, 2.45) is 0 Å². The molecular formula is C13H23N3O2S2. The first kappa shape index (κ1) is 15.7. The predicted octanol–water partition coefficient (Wildman–Crippen LogP) is 2.01. The zero-order chi connectivity index (χ0) is 14.4. The molecule has 1 fully saturated rings. The fourth-order valence-electron chi connectivity index (χ4n) is 2.32. The summed E-state index contributed by atoms with van der Waals surface area (Å²) in [5.74, 6) is 0.198. The van der Waals surface area contributed by atoms with Gasteiger partial charge in [-0.25, -0.2) is 18.1 Å². The Morgan fingerprint density at radius 1 is 1.35 bits per heavy atom. The molecule has 1 aliphatic rings. The van der Waals surface area contributed by atoms with E-state index in [0.29, 0.717) is 19.4 Å². The van der Waals surface area contributed by atoms with Crippen molar-refractivity contribution in [3.63, 3.8) is 0 Å². The highest BCUT2D eigenvalue weighted by molar-refractivity contribution is 7.89. The van der Waals surface area contributed by atoms with E-state index in [1.807, 2.05) is 12.3 Å². The number of piperidine rings is 1. The summed E-state index contributed by atoms with van der Waals surface area (Å²) in [5.41, 5.74) is 0.981. The molecule has 2 heterocycles. The average Bonchev–Trinajstić information content (AvgIpc) is 2.88. The Bertz CT molecular complexity index is 507. The third kappa shape index (κ3) is 4.71. The zero-order valence-corrected chi connectivity index (χ0v) is 13.6. The Balaban J connectivity index is 1.81. The molecule has 5 nitrogen and oxygen atoms in total. The molecule has 0 radical (unpaired) electrons. The zero-order valence-electron chi connectivity index (χ0n) is 12.0. The van der Waals surface area contributed by atoms with Gasteiger partial charge in [0.1, 0.15) is 0 Å². The Hall–Kier alpha value is -0.660. The van der Waals surface area contributed by atoms with Gasteiger partial charge in [-0.3, -0.25) is 0 Å². The molecule has 0 bridgehead atoms. The lowest BCUT2D eigenvalue weighted by Gasteiger charge is -2.25. The summed E-state index contributed by atoms with van der Waals surface area (Å²) in [6, 6.07) is 0. The molecule has 0 aromatic carbocycles. The van der Waals surface area contributed by atoms with Crippen LogP contribution < -0.4 is 9.62 Å². The molecule has 1 aliphatic heterocycles. The first-order valence-corrected chi connectivity index (χ1v) is 9.80. The smallest absolute Gasteiger partial charge is 0.211 e. The Labute approximate surface area is 125 Å². The molecule has 1 aromatic rings. The first-order chi connectivity index (χ1) is 9.61. The van der Waals surface area contributed by atoms with Crippen molar-refractivity contribution in [3.8, 4) is 0 Å². The number of sulfonamides is 1. The number of hydrogen-bond donors (Lipinski definition) is 1. The van der Waals surface area contributed by atoms with Crippen LogP contribution in [0.1, 0.15) is 38.3 Å². The van der Waals surface area contributed by atoms with E-state index in [2.05, 4.69) is 14.6 Å². The number of thiazole rings is 1. The molecule has 1 saturated heterocycles. The summed E-state index contributed by atoms with van der Waals surface area (Å²) in [6.45, 7) is 4.49. The number of hydrogen-bond acceptors (Lipinski definition) is 5. The van der Waals surface area contributed by atoms with Gasteiger partial charge in [0.15, 0.2) is 5.13 Å². The van der Waals surface area contributed by atoms with Gasteiger partial charge in [-0.05, 0) is 25.7 Å². The molecule has 0 atom stereocenters. The van der Waals surface area contributed by atoms with Crippen molar-refractivity contribution in [2.45, 2.75) is 39.0 Å². The number of rotatable bonds is 7. The van der Waals surface area contributed by atoms with E-state index in [1.165, 1.54) is 19.3 Å². The van der Waals surface area contributed by atoms with Gasteiger partial charge >= 0.3 is 0 Å². The Morgan fingerprint density at radius 2 is 2.10 bits per heavy atom. The highest BCUT2D eigenvalue weighted by Gasteiger charge is 2.14. The number of anilines is 1. The third-order valence-electron chi connectivity index (χ3n) is 3.34. The minimum absolute atomic E-state index is 0.198. The van der Waals surface area contributed by atoms with Gasteiger partial charge < -0.3 is 4.90 Å². The lowest BCUT2D eigenvalue weighted by atomic mass is 10.1. The van der Waals surface area contributed by atoms with Crippen LogP contribution in [-0.2, 0) is 16.4 Å². The molecule has 114 valence electrons. The van der Waals surface area contributed by atoms with Gasteiger partial charge in [0.2, 0.25) is 10.0 Å². The van der Waals surface area contributed by atoms with E-state index in [0.717, 1.165) is 23.9 Å². The Kier molecular flexibility index (Phi) is 5.80. The topological polar surface area (TPSA) is 62.3 Å². The highest BCUT2D eigenvalue weighted by atomic mass is 32.2. The largest absolute Gasteiger partial charge is 0.348 e. The molecule has 20 heavy (non-hydrogen) atoms. The second-order valence-electron chi connectivity index (χ2n) is 5.13. The van der Waals surface area contributed by atoms with Crippen LogP contribution >= 0.6 is 11.3 Å². The standard InChI is InChI=1S/C13H23N3O2S2/c1-2-10-20(17,18)14-7-6-12-11-19-13(15-12)16-8-4-3-5-9-16/h11,14H,2-10H2,1H3. The molecular weight excluding hydrogens is 294 g/mol. The predicted molar refractivity (Wildman–Crippen MR) is 84.0 cm³/mol. The summed E-state index contributed by atoms with van der Waals surface area (Å²) >= 11 is 1.66. The maximum atomic E-state index is 11.5. The maximum Gasteiger partial charge on any atom is 0.211 e. The SMILES string of the molecule is CCCS(=O)(=O)NCCc1csc(N2CCCCC2)n1. The van der Waals surface area contributed by atoms with Crippen LogP contribution in [0.2, 0.25) is 0 Å². The summed E-state index contributed by atoms with van der Waals surface area (Å²) in [4.78, 5) is 6.94. The molecule has 1 aromatic heterocycles. The molecule has 0 unspecified atom stereocenters. The van der Waals surface area contributed by atoms with E-state index in [9.17, 15) is 8.42 Å². The van der Waals surface area contributed by atoms with E-state index in [-0.39, 0.29) is 5.75 Å². The average molecular weight is 317 g/mol. The Morgan fingerprint density at radius 3 is 2.80 bits per heavy atom. The third-order valence-corrected chi connectivity index (χ3v) is 5.88. The van der Waals surface area contributed by atoms with Gasteiger partial charge in [0.25, 0.3) is 0 Å². The van der Waals surface area contributed by atoms with Crippen LogP contribution in [-0.4, -0.2) is 38.8 Å². The van der Waals surface area contributed by atoms with Crippen LogP contribution in [0.5, 0.6) is 0 Å². The van der Waals surface area contributed by atoms with Crippen molar-refractivity contribution in [1.29, 1.82) is 0 Å². The molecule has 7 heteroatoms. The van der Waals surface area contributed by atoms with Crippen LogP contribution in [0.3, 0.4) is 0 Å². The van der Waals surface area contributed by atoms with E-state index < -0.39 is 10.0 Å². The van der Waals surface area contributed by atoms with Gasteiger partial charge in [0, 0.05) is 31.4 Å². The molecule has 0 amide bonds. The van der Waals surface area contributed by atoms with Crippen molar-refractivity contribution in [1.82, 2.24) is 9.71 Å². The second-order valence-corrected chi connectivity index (χ2v) is 7.90. The minimum atomic E-state index is -3.10. The summed E-state index contributed by atoms with van der Waals surface area (Å²) < 4.78 is 25.7. The maximum absolute atomic E-state index is 11.5. The molecule has 1 N–H and O–H groups in total. The normalized spacial score (nSPS) is 16.6. The quantitative estimate of drug-likeness (QED) is 0.835. The van der Waals surface area contributed by atoms with E-state index >= 15 is 0 Å². The fourth-order valence-corrected chi connectivity index (χ4v) is 4.33. The van der Waals surface area contributed by atoms with E-state index in [1.54, 1.807) is 11.3 Å². The lowest BCUT2D eigenvalue weighted by molar-refractivity contribution is 0.575. The number of nitrogens with zero attached hydrogens (tertiary/aromatic N) is 2. The number of nitrogens with one attached hydrogen (secondary N) is 1. The lowest BCUT2D eigenvalue weighted by Crippen LogP contribution is -2.29. The van der Waals surface area contributed by atoms with E-state index in [4.69, 9.17) is 0 Å². The summed E-state index contributed by atoms with van der Waals surface area (Å²) in [7, 11) is -3.10. The summed E-state index contributed by atoms with van der Waals surface area (Å²) in [5, 5.41) is 3.12. The van der Waals surface area contributed by atoms with Crippen LogP contribution in [0, 0.1) is 0 Å². The molecule has 0 saturated carbocycles. The van der Waals surface area contributed by atoms with Gasteiger partial charge in [-0.2, -0.15) is 0 Å². The van der Waals surface area contributed by atoms with Crippen molar-refractivity contribution in [2.75, 3.05) is 30.3 Å². The van der Waals surface area contributed by atoms with Gasteiger partial charge in [-0.1, -0.05) is 6.92 Å². The van der Waals surface area contributed by atoms with Crippen LogP contribution in [0.4, 0.5) is 5.13 Å². The van der Waals surface area contributed by atoms with Crippen molar-refractivity contribution < 1.29 is 8.42 Å². The van der Waals surface area contributed by atoms with Gasteiger partial charge in [0.05, 0.1) is 11.4 Å². The monoisotopic (exact) mass is 317 g/mol. The molecule has 0 aliphatic carbocycles. The molecule has 0 spiro atoms.